The van der Waals surface area contributed by atoms with E-state index < -0.39 is 0 Å². The molecular formula is C26H27FN6O3. The van der Waals surface area contributed by atoms with Gasteiger partial charge in [-0.1, -0.05) is 12.1 Å². The average molecular weight is 491 g/mol. The second-order valence-corrected chi connectivity index (χ2v) is 8.61. The summed E-state index contributed by atoms with van der Waals surface area (Å²) in [5.41, 5.74) is 8.70. The molecule has 0 unspecified atom stereocenters. The first kappa shape index (κ1) is 23.5. The van der Waals surface area contributed by atoms with Crippen LogP contribution in [0.15, 0.2) is 48.5 Å². The molecule has 0 saturated carbocycles. The van der Waals surface area contributed by atoms with Crippen LogP contribution in [0.5, 0.6) is 5.75 Å². The Morgan fingerprint density at radius 1 is 1.19 bits per heavy atom. The minimum Gasteiger partial charge on any atom is -0.497 e. The zero-order valence-electron chi connectivity index (χ0n) is 20.1. The van der Waals surface area contributed by atoms with Crippen LogP contribution >= 0.6 is 0 Å². The molecule has 10 heteroatoms. The molecule has 1 aliphatic rings. The van der Waals surface area contributed by atoms with Crippen LogP contribution in [0.25, 0.3) is 28.0 Å². The lowest BCUT2D eigenvalue weighted by molar-refractivity contribution is -0.148. The molecule has 1 saturated heterocycles. The molecule has 9 nitrogen and oxygen atoms in total. The maximum atomic E-state index is 14.2. The number of piperidine rings is 1. The van der Waals surface area contributed by atoms with Crippen molar-refractivity contribution >= 4 is 28.8 Å². The average Bonchev–Trinajstić information content (AvgIpc) is 3.24. The van der Waals surface area contributed by atoms with Gasteiger partial charge >= 0.3 is 5.97 Å². The van der Waals surface area contributed by atoms with Crippen molar-refractivity contribution in [3.8, 4) is 22.7 Å². The molecule has 2 N–H and O–H groups in total. The van der Waals surface area contributed by atoms with E-state index in [-0.39, 0.29) is 17.7 Å². The molecule has 1 fully saturated rings. The quantitative estimate of drug-likeness (QED) is 0.404. The van der Waals surface area contributed by atoms with E-state index in [2.05, 4.69) is 5.10 Å². The zero-order chi connectivity index (χ0) is 25.2. The van der Waals surface area contributed by atoms with Gasteiger partial charge in [-0.05, 0) is 56.2 Å². The van der Waals surface area contributed by atoms with Gasteiger partial charge in [-0.25, -0.2) is 14.1 Å². The topological polar surface area (TPSA) is 108 Å². The van der Waals surface area contributed by atoms with Crippen molar-refractivity contribution in [2.45, 2.75) is 19.8 Å². The van der Waals surface area contributed by atoms with Gasteiger partial charge in [0.2, 0.25) is 5.95 Å². The normalized spacial score (nSPS) is 15.8. The fraction of sp³-hybridized carbons (Fsp3) is 0.308. The third kappa shape index (κ3) is 4.41. The molecule has 0 amide bonds. The maximum Gasteiger partial charge on any atom is 0.310 e. The fourth-order valence-electron chi connectivity index (χ4n) is 4.52. The summed E-state index contributed by atoms with van der Waals surface area (Å²) in [7, 11) is 1.60. The molecule has 1 aliphatic heterocycles. The molecule has 1 atom stereocenters. The van der Waals surface area contributed by atoms with Gasteiger partial charge in [0.15, 0.2) is 5.65 Å². The molecule has 5 rings (SSSR count). The first-order valence-electron chi connectivity index (χ1n) is 11.9. The zero-order valence-corrected chi connectivity index (χ0v) is 20.1. The van der Waals surface area contributed by atoms with Crippen LogP contribution in [-0.2, 0) is 9.53 Å². The monoisotopic (exact) mass is 490 g/mol. The van der Waals surface area contributed by atoms with Crippen LogP contribution in [0.3, 0.4) is 0 Å². The highest BCUT2D eigenvalue weighted by atomic mass is 19.1. The molecule has 0 aliphatic carbocycles. The lowest BCUT2D eigenvalue weighted by Gasteiger charge is -2.31. The lowest BCUT2D eigenvalue weighted by atomic mass is 9.98. The van der Waals surface area contributed by atoms with E-state index in [1.807, 2.05) is 29.2 Å². The number of halogens is 1. The number of nitrogens with two attached hydrogens (primary N) is 1. The summed E-state index contributed by atoms with van der Waals surface area (Å²) in [6.45, 7) is 3.24. The Kier molecular flexibility index (Phi) is 6.41. The van der Waals surface area contributed by atoms with E-state index in [1.165, 1.54) is 12.1 Å². The van der Waals surface area contributed by atoms with Gasteiger partial charge in [0, 0.05) is 18.7 Å². The third-order valence-electron chi connectivity index (χ3n) is 6.30. The highest BCUT2D eigenvalue weighted by Crippen LogP contribution is 2.34. The highest BCUT2D eigenvalue weighted by molar-refractivity contribution is 5.99. The largest absolute Gasteiger partial charge is 0.497 e. The van der Waals surface area contributed by atoms with Crippen molar-refractivity contribution in [1.82, 2.24) is 19.7 Å². The van der Waals surface area contributed by atoms with Crippen molar-refractivity contribution in [2.24, 2.45) is 5.92 Å². The number of ether oxygens (including phenoxy) is 2. The van der Waals surface area contributed by atoms with Gasteiger partial charge in [0.05, 0.1) is 36.4 Å². The van der Waals surface area contributed by atoms with E-state index in [1.54, 1.807) is 30.8 Å². The number of benzene rings is 2. The molecule has 4 aromatic rings. The Morgan fingerprint density at radius 2 is 2.00 bits per heavy atom. The van der Waals surface area contributed by atoms with E-state index in [0.29, 0.717) is 59.5 Å². The van der Waals surface area contributed by atoms with Crippen LogP contribution in [0, 0.1) is 11.7 Å². The van der Waals surface area contributed by atoms with Crippen LogP contribution in [0.1, 0.15) is 19.8 Å². The van der Waals surface area contributed by atoms with Crippen molar-refractivity contribution in [3.63, 3.8) is 0 Å². The molecule has 3 heterocycles. The standard InChI is InChI=1S/C26H27FN6O3/c1-3-36-25(34)17-7-5-13-32(15-17)26-29-22(16-6-4-8-18(27)14-16)21-23(28)33(31-24(21)30-26)19-9-11-20(35-2)12-10-19/h4,6,8-12,14,17H,3,5,7,13,15,28H2,1-2H3/t17-/m0/s1. The second kappa shape index (κ2) is 9.80. The number of fused-ring (bicyclic) bond motifs is 1. The Hall–Kier alpha value is -4.21. The highest BCUT2D eigenvalue weighted by Gasteiger charge is 2.29. The van der Waals surface area contributed by atoms with Crippen molar-refractivity contribution < 1.29 is 18.7 Å². The predicted octanol–water partition coefficient (Wildman–Crippen LogP) is 3.99. The van der Waals surface area contributed by atoms with Crippen molar-refractivity contribution in [3.05, 3.63) is 54.3 Å². The Labute approximate surface area is 207 Å². The predicted molar refractivity (Wildman–Crippen MR) is 135 cm³/mol. The number of hydrogen-bond donors (Lipinski definition) is 1. The molecule has 0 radical (unpaired) electrons. The van der Waals surface area contributed by atoms with Gasteiger partial charge in [-0.15, -0.1) is 5.10 Å². The summed E-state index contributed by atoms with van der Waals surface area (Å²) in [5.74, 6) is 0.582. The van der Waals surface area contributed by atoms with Gasteiger partial charge < -0.3 is 20.1 Å². The summed E-state index contributed by atoms with van der Waals surface area (Å²) in [6, 6.07) is 13.5. The Balaban J connectivity index is 1.63. The molecule has 186 valence electrons. The summed E-state index contributed by atoms with van der Waals surface area (Å²) in [6.07, 6.45) is 1.54. The van der Waals surface area contributed by atoms with Crippen LogP contribution in [0.2, 0.25) is 0 Å². The summed E-state index contributed by atoms with van der Waals surface area (Å²) >= 11 is 0. The van der Waals surface area contributed by atoms with E-state index in [0.717, 1.165) is 18.5 Å². The molecule has 0 spiro atoms. The first-order valence-corrected chi connectivity index (χ1v) is 11.9. The van der Waals surface area contributed by atoms with Gasteiger partial charge in [0.1, 0.15) is 17.4 Å². The molecule has 0 bridgehead atoms. The minimum atomic E-state index is -0.387. The maximum absolute atomic E-state index is 14.2. The van der Waals surface area contributed by atoms with Crippen LogP contribution in [-0.4, -0.2) is 52.5 Å². The summed E-state index contributed by atoms with van der Waals surface area (Å²) in [4.78, 5) is 23.9. The van der Waals surface area contributed by atoms with E-state index >= 15 is 0 Å². The number of methoxy groups -OCH3 is 1. The summed E-state index contributed by atoms with van der Waals surface area (Å²) < 4.78 is 26.3. The number of carbonyl (C=O) groups excluding carboxylic acids is 1. The van der Waals surface area contributed by atoms with Crippen molar-refractivity contribution in [1.29, 1.82) is 0 Å². The van der Waals surface area contributed by atoms with E-state index in [4.69, 9.17) is 25.2 Å². The van der Waals surface area contributed by atoms with Crippen LogP contribution in [0.4, 0.5) is 16.2 Å². The van der Waals surface area contributed by atoms with Crippen molar-refractivity contribution in [2.75, 3.05) is 37.4 Å². The minimum absolute atomic E-state index is 0.221. The first-order chi connectivity index (χ1) is 17.5. The number of anilines is 2. The number of nitrogen functional groups attached to an aromatic ring is 1. The summed E-state index contributed by atoms with van der Waals surface area (Å²) in [5, 5.41) is 5.20. The molecule has 36 heavy (non-hydrogen) atoms. The second-order valence-electron chi connectivity index (χ2n) is 8.61. The lowest BCUT2D eigenvalue weighted by Crippen LogP contribution is -2.40. The van der Waals surface area contributed by atoms with E-state index in [9.17, 15) is 9.18 Å². The fourth-order valence-corrected chi connectivity index (χ4v) is 4.52. The Morgan fingerprint density at radius 3 is 2.72 bits per heavy atom. The number of rotatable bonds is 6. The smallest absolute Gasteiger partial charge is 0.310 e. The number of carbonyl (C=O) groups is 1. The number of esters is 1. The van der Waals surface area contributed by atoms with Crippen LogP contribution < -0.4 is 15.4 Å². The molecular weight excluding hydrogens is 463 g/mol. The van der Waals surface area contributed by atoms with Gasteiger partial charge in [-0.2, -0.15) is 4.98 Å². The van der Waals surface area contributed by atoms with Gasteiger partial charge in [0.25, 0.3) is 0 Å². The SMILES string of the molecule is CCOC(=O)[C@H]1CCCN(c2nc(-c3cccc(F)c3)c3c(N)n(-c4ccc(OC)cc4)nc3n2)C1. The Bertz CT molecular complexity index is 1410. The number of hydrogen-bond acceptors (Lipinski definition) is 8. The molecule has 2 aromatic carbocycles. The third-order valence-corrected chi connectivity index (χ3v) is 6.30. The number of nitrogens with zero attached hydrogens (tertiary/aromatic N) is 5. The number of aromatic nitrogens is 4. The molecule has 2 aromatic heterocycles. The van der Waals surface area contributed by atoms with Gasteiger partial charge in [-0.3, -0.25) is 4.79 Å².